The van der Waals surface area contributed by atoms with Crippen LogP contribution in [0.3, 0.4) is 0 Å². The number of thiazole rings is 1. The molecule has 0 bridgehead atoms. The SMILES string of the molecule is Cc1nc(SC(C)C(=O)O)sc1C. The predicted octanol–water partition coefficient (Wildman–Crippen LogP) is 2.33. The molecule has 0 spiro atoms. The minimum atomic E-state index is -0.796. The summed E-state index contributed by atoms with van der Waals surface area (Å²) in [5.41, 5.74) is 0.991. The lowest BCUT2D eigenvalue weighted by Gasteiger charge is -2.00. The van der Waals surface area contributed by atoms with Gasteiger partial charge < -0.3 is 5.11 Å². The van der Waals surface area contributed by atoms with Crippen molar-refractivity contribution < 1.29 is 9.90 Å². The van der Waals surface area contributed by atoms with Crippen LogP contribution in [-0.4, -0.2) is 21.3 Å². The Bertz CT molecular complexity index is 302. The van der Waals surface area contributed by atoms with Gasteiger partial charge in [-0.05, 0) is 20.8 Å². The van der Waals surface area contributed by atoms with Gasteiger partial charge in [0.1, 0.15) is 5.25 Å². The van der Waals surface area contributed by atoms with E-state index in [0.29, 0.717) is 0 Å². The first-order chi connectivity index (χ1) is 6.00. The van der Waals surface area contributed by atoms with Gasteiger partial charge in [-0.2, -0.15) is 0 Å². The van der Waals surface area contributed by atoms with Crippen LogP contribution in [0.15, 0.2) is 4.34 Å². The number of nitrogens with zero attached hydrogens (tertiary/aromatic N) is 1. The Hall–Kier alpha value is -0.550. The largest absolute Gasteiger partial charge is 0.480 e. The lowest BCUT2D eigenvalue weighted by molar-refractivity contribution is -0.136. The number of aromatic nitrogens is 1. The van der Waals surface area contributed by atoms with Crippen LogP contribution in [-0.2, 0) is 4.79 Å². The third kappa shape index (κ3) is 2.70. The number of carboxylic acid groups (broad SMARTS) is 1. The van der Waals surface area contributed by atoms with Crippen LogP contribution in [0.1, 0.15) is 17.5 Å². The van der Waals surface area contributed by atoms with Crippen molar-refractivity contribution in [2.75, 3.05) is 0 Å². The summed E-state index contributed by atoms with van der Waals surface area (Å²) >= 11 is 2.84. The standard InChI is InChI=1S/C8H11NO2S2/c1-4-5(2)12-8(9-4)13-6(3)7(10)11/h6H,1-3H3,(H,10,11). The second-order valence-corrected chi connectivity index (χ2v) is 5.51. The van der Waals surface area contributed by atoms with E-state index in [9.17, 15) is 4.79 Å². The number of hydrogen-bond donors (Lipinski definition) is 1. The van der Waals surface area contributed by atoms with Gasteiger partial charge in [-0.1, -0.05) is 11.8 Å². The minimum Gasteiger partial charge on any atom is -0.480 e. The molecule has 0 saturated carbocycles. The van der Waals surface area contributed by atoms with E-state index in [1.54, 1.807) is 18.3 Å². The van der Waals surface area contributed by atoms with Crippen LogP contribution in [0, 0.1) is 13.8 Å². The highest BCUT2D eigenvalue weighted by molar-refractivity contribution is 8.02. The Morgan fingerprint density at radius 1 is 1.62 bits per heavy atom. The highest BCUT2D eigenvalue weighted by atomic mass is 32.2. The molecule has 0 saturated heterocycles. The molecule has 1 heterocycles. The van der Waals surface area contributed by atoms with Gasteiger partial charge in [-0.25, -0.2) is 4.98 Å². The summed E-state index contributed by atoms with van der Waals surface area (Å²) in [6.07, 6.45) is 0. The molecule has 5 heteroatoms. The number of aryl methyl sites for hydroxylation is 2. The lowest BCUT2D eigenvalue weighted by Crippen LogP contribution is -2.10. The molecule has 1 atom stereocenters. The molecule has 0 aromatic carbocycles. The fourth-order valence-corrected chi connectivity index (χ4v) is 2.93. The Kier molecular flexibility index (Phi) is 3.33. The predicted molar refractivity (Wildman–Crippen MR) is 54.5 cm³/mol. The van der Waals surface area contributed by atoms with Gasteiger partial charge in [0.05, 0.1) is 5.69 Å². The van der Waals surface area contributed by atoms with Crippen molar-refractivity contribution in [1.29, 1.82) is 0 Å². The monoisotopic (exact) mass is 217 g/mol. The summed E-state index contributed by atoms with van der Waals surface area (Å²) in [6, 6.07) is 0. The average Bonchev–Trinajstić information content (AvgIpc) is 2.31. The second kappa shape index (κ2) is 4.11. The Morgan fingerprint density at radius 3 is 2.62 bits per heavy atom. The maximum absolute atomic E-state index is 10.6. The van der Waals surface area contributed by atoms with E-state index >= 15 is 0 Å². The zero-order valence-corrected chi connectivity index (χ0v) is 9.33. The Labute approximate surface area is 85.2 Å². The van der Waals surface area contributed by atoms with Gasteiger partial charge in [0, 0.05) is 4.88 Å². The van der Waals surface area contributed by atoms with Crippen LogP contribution in [0.5, 0.6) is 0 Å². The molecule has 0 aliphatic rings. The summed E-state index contributed by atoms with van der Waals surface area (Å²) < 4.78 is 0.838. The van der Waals surface area contributed by atoms with E-state index in [2.05, 4.69) is 4.98 Å². The van der Waals surface area contributed by atoms with Crippen LogP contribution in [0.25, 0.3) is 0 Å². The molecule has 1 aromatic heterocycles. The third-order valence-corrected chi connectivity index (χ3v) is 3.89. The fourth-order valence-electron chi connectivity index (χ4n) is 0.695. The number of thioether (sulfide) groups is 1. The summed E-state index contributed by atoms with van der Waals surface area (Å²) in [7, 11) is 0. The molecule has 0 fully saturated rings. The molecular formula is C8H11NO2S2. The molecule has 0 aliphatic carbocycles. The number of hydrogen-bond acceptors (Lipinski definition) is 4. The van der Waals surface area contributed by atoms with Gasteiger partial charge >= 0.3 is 5.97 Å². The molecule has 1 aromatic rings. The second-order valence-electron chi connectivity index (χ2n) is 2.72. The average molecular weight is 217 g/mol. The van der Waals surface area contributed by atoms with E-state index in [-0.39, 0.29) is 0 Å². The van der Waals surface area contributed by atoms with Crippen LogP contribution in [0.2, 0.25) is 0 Å². The first kappa shape index (κ1) is 10.5. The van der Waals surface area contributed by atoms with Gasteiger partial charge in [0.2, 0.25) is 0 Å². The van der Waals surface area contributed by atoms with Crippen LogP contribution < -0.4 is 0 Å². The number of rotatable bonds is 3. The Morgan fingerprint density at radius 2 is 2.23 bits per heavy atom. The van der Waals surface area contributed by atoms with Crippen molar-refractivity contribution in [3.63, 3.8) is 0 Å². The van der Waals surface area contributed by atoms with Crippen molar-refractivity contribution >= 4 is 29.1 Å². The van der Waals surface area contributed by atoms with E-state index in [1.807, 2.05) is 13.8 Å². The highest BCUT2D eigenvalue weighted by Gasteiger charge is 2.15. The van der Waals surface area contributed by atoms with Gasteiger partial charge in [-0.15, -0.1) is 11.3 Å². The summed E-state index contributed by atoms with van der Waals surface area (Å²) in [6.45, 7) is 5.59. The fraction of sp³-hybridized carbons (Fsp3) is 0.500. The van der Waals surface area contributed by atoms with Gasteiger partial charge in [-0.3, -0.25) is 4.79 Å². The van der Waals surface area contributed by atoms with Crippen molar-refractivity contribution in [2.45, 2.75) is 30.4 Å². The van der Waals surface area contributed by atoms with Crippen LogP contribution >= 0.6 is 23.1 Å². The minimum absolute atomic E-state index is 0.426. The van der Waals surface area contributed by atoms with Gasteiger partial charge in [0.15, 0.2) is 4.34 Å². The molecule has 0 amide bonds. The zero-order chi connectivity index (χ0) is 10.0. The smallest absolute Gasteiger partial charge is 0.316 e. The zero-order valence-electron chi connectivity index (χ0n) is 7.70. The molecule has 1 N–H and O–H groups in total. The quantitative estimate of drug-likeness (QED) is 0.789. The number of aliphatic carboxylic acids is 1. The van der Waals surface area contributed by atoms with E-state index in [0.717, 1.165) is 14.9 Å². The molecule has 13 heavy (non-hydrogen) atoms. The molecule has 1 rings (SSSR count). The normalized spacial score (nSPS) is 12.8. The summed E-state index contributed by atoms with van der Waals surface area (Å²) in [5, 5.41) is 8.25. The van der Waals surface area contributed by atoms with E-state index < -0.39 is 11.2 Å². The van der Waals surface area contributed by atoms with E-state index in [1.165, 1.54) is 11.8 Å². The maximum atomic E-state index is 10.6. The number of carbonyl (C=O) groups is 1. The maximum Gasteiger partial charge on any atom is 0.316 e. The van der Waals surface area contributed by atoms with E-state index in [4.69, 9.17) is 5.11 Å². The first-order valence-corrected chi connectivity index (χ1v) is 5.54. The molecule has 72 valence electrons. The number of carboxylic acids is 1. The lowest BCUT2D eigenvalue weighted by atomic mass is 10.4. The van der Waals surface area contributed by atoms with Crippen molar-refractivity contribution in [3.05, 3.63) is 10.6 Å². The molecule has 1 unspecified atom stereocenters. The van der Waals surface area contributed by atoms with Crippen molar-refractivity contribution in [3.8, 4) is 0 Å². The van der Waals surface area contributed by atoms with Gasteiger partial charge in [0.25, 0.3) is 0 Å². The molecule has 3 nitrogen and oxygen atoms in total. The highest BCUT2D eigenvalue weighted by Crippen LogP contribution is 2.29. The third-order valence-electron chi connectivity index (χ3n) is 1.63. The molecular weight excluding hydrogens is 206 g/mol. The topological polar surface area (TPSA) is 50.2 Å². The summed E-state index contributed by atoms with van der Waals surface area (Å²) in [5.74, 6) is -0.796. The Balaban J connectivity index is 2.69. The first-order valence-electron chi connectivity index (χ1n) is 3.84. The van der Waals surface area contributed by atoms with Crippen LogP contribution in [0.4, 0.5) is 0 Å². The molecule has 0 aliphatic heterocycles. The van der Waals surface area contributed by atoms with Crippen molar-refractivity contribution in [1.82, 2.24) is 4.98 Å². The van der Waals surface area contributed by atoms with Crippen molar-refractivity contribution in [2.24, 2.45) is 0 Å². The summed E-state index contributed by atoms with van der Waals surface area (Å²) in [4.78, 5) is 16.0. The molecule has 0 radical (unpaired) electrons.